The highest BCUT2D eigenvalue weighted by atomic mass is 35.5. The van der Waals surface area contributed by atoms with Gasteiger partial charge in [0.1, 0.15) is 11.5 Å². The molecule has 2 heterocycles. The van der Waals surface area contributed by atoms with Gasteiger partial charge in [0.15, 0.2) is 0 Å². The first kappa shape index (κ1) is 19.0. The zero-order valence-electron chi connectivity index (χ0n) is 15.3. The standard InChI is InChI=1S/C19H22BClO5/c1-18(2)19(3,4)26-20(25-18)14(11-17(22)23)16-10-9-15(24-16)12-5-7-13(21)8-6-12/h5-10,14H,11H2,1-4H3,(H,22,23). The fraction of sp³-hybridized carbons (Fsp3) is 0.421. The summed E-state index contributed by atoms with van der Waals surface area (Å²) in [5.74, 6) is -0.317. The van der Waals surface area contributed by atoms with Crippen molar-refractivity contribution < 1.29 is 23.6 Å². The van der Waals surface area contributed by atoms with Gasteiger partial charge in [-0.05, 0) is 64.1 Å². The van der Waals surface area contributed by atoms with Gasteiger partial charge in [0, 0.05) is 10.6 Å². The van der Waals surface area contributed by atoms with Crippen molar-refractivity contribution in [1.82, 2.24) is 0 Å². The molecule has 26 heavy (non-hydrogen) atoms. The van der Waals surface area contributed by atoms with Crippen LogP contribution in [0.15, 0.2) is 40.8 Å². The molecule has 1 aromatic carbocycles. The minimum Gasteiger partial charge on any atom is -0.481 e. The number of benzene rings is 1. The van der Waals surface area contributed by atoms with Gasteiger partial charge in [-0.25, -0.2) is 0 Å². The van der Waals surface area contributed by atoms with E-state index in [1.54, 1.807) is 18.2 Å². The third-order valence-electron chi connectivity index (χ3n) is 5.12. The molecule has 1 saturated heterocycles. The Morgan fingerprint density at radius 1 is 1.08 bits per heavy atom. The Hall–Kier alpha value is -1.76. The Balaban J connectivity index is 1.90. The number of aliphatic carboxylic acids is 1. The van der Waals surface area contributed by atoms with Crippen molar-refractivity contribution in [2.24, 2.45) is 0 Å². The zero-order valence-corrected chi connectivity index (χ0v) is 16.0. The number of hydrogen-bond acceptors (Lipinski definition) is 4. The molecule has 0 bridgehead atoms. The monoisotopic (exact) mass is 376 g/mol. The molecule has 0 aliphatic carbocycles. The molecule has 2 aromatic rings. The summed E-state index contributed by atoms with van der Waals surface area (Å²) in [7, 11) is -0.694. The Bertz CT molecular complexity index is 781. The second-order valence-corrected chi connectivity index (χ2v) is 7.97. The van der Waals surface area contributed by atoms with Crippen LogP contribution in [-0.4, -0.2) is 29.4 Å². The lowest BCUT2D eigenvalue weighted by Crippen LogP contribution is -2.41. The second-order valence-electron chi connectivity index (χ2n) is 7.54. The number of carbonyl (C=O) groups is 1. The van der Waals surface area contributed by atoms with Gasteiger partial charge >= 0.3 is 13.1 Å². The minimum absolute atomic E-state index is 0.148. The molecule has 0 radical (unpaired) electrons. The van der Waals surface area contributed by atoms with E-state index in [4.69, 9.17) is 25.3 Å². The van der Waals surface area contributed by atoms with Gasteiger partial charge < -0.3 is 18.8 Å². The summed E-state index contributed by atoms with van der Waals surface area (Å²) >= 11 is 5.92. The summed E-state index contributed by atoms with van der Waals surface area (Å²) in [4.78, 5) is 11.4. The highest BCUT2D eigenvalue weighted by molar-refractivity contribution is 6.48. The molecule has 5 nitrogen and oxygen atoms in total. The summed E-state index contributed by atoms with van der Waals surface area (Å²) in [5, 5.41) is 9.99. The van der Waals surface area contributed by atoms with Crippen molar-refractivity contribution >= 4 is 24.7 Å². The van der Waals surface area contributed by atoms with Crippen LogP contribution in [-0.2, 0) is 14.1 Å². The summed E-state index contributed by atoms with van der Waals surface area (Å²) in [5.41, 5.74) is -0.219. The molecule has 0 amide bonds. The molecule has 1 atom stereocenters. The number of furan rings is 1. The maximum Gasteiger partial charge on any atom is 0.469 e. The van der Waals surface area contributed by atoms with Crippen molar-refractivity contribution in [3.8, 4) is 11.3 Å². The Morgan fingerprint density at radius 2 is 1.65 bits per heavy atom. The number of hydrogen-bond donors (Lipinski definition) is 1. The zero-order chi connectivity index (χ0) is 19.1. The first-order valence-electron chi connectivity index (χ1n) is 8.52. The first-order valence-corrected chi connectivity index (χ1v) is 8.90. The summed E-state index contributed by atoms with van der Waals surface area (Å²) < 4.78 is 18.1. The van der Waals surface area contributed by atoms with Crippen LogP contribution in [0, 0.1) is 0 Å². The van der Waals surface area contributed by atoms with E-state index in [-0.39, 0.29) is 6.42 Å². The third-order valence-corrected chi connectivity index (χ3v) is 5.37. The summed E-state index contributed by atoms with van der Waals surface area (Å²) in [6.45, 7) is 7.75. The topological polar surface area (TPSA) is 68.9 Å². The van der Waals surface area contributed by atoms with Gasteiger partial charge in [-0.2, -0.15) is 0 Å². The summed E-state index contributed by atoms with van der Waals surface area (Å²) in [6, 6.07) is 10.9. The van der Waals surface area contributed by atoms with Gasteiger partial charge in [-0.15, -0.1) is 0 Å². The maximum atomic E-state index is 11.4. The van der Waals surface area contributed by atoms with E-state index >= 15 is 0 Å². The van der Waals surface area contributed by atoms with Gasteiger partial charge in [-0.1, -0.05) is 11.6 Å². The number of halogens is 1. The van der Waals surface area contributed by atoms with Crippen molar-refractivity contribution in [3.05, 3.63) is 47.2 Å². The van der Waals surface area contributed by atoms with Crippen LogP contribution in [0.4, 0.5) is 0 Å². The molecular weight excluding hydrogens is 354 g/mol. The van der Waals surface area contributed by atoms with E-state index in [2.05, 4.69) is 0 Å². The van der Waals surface area contributed by atoms with Crippen LogP contribution in [0.3, 0.4) is 0 Å². The SMILES string of the molecule is CC1(C)OB(C(CC(=O)O)c2ccc(-c3ccc(Cl)cc3)o2)OC1(C)C. The molecule has 1 aliphatic heterocycles. The highest BCUT2D eigenvalue weighted by Crippen LogP contribution is 2.42. The minimum atomic E-state index is -0.936. The molecule has 0 saturated carbocycles. The lowest BCUT2D eigenvalue weighted by molar-refractivity contribution is -0.137. The first-order chi connectivity index (χ1) is 12.1. The molecule has 1 unspecified atom stereocenters. The summed E-state index contributed by atoms with van der Waals surface area (Å²) in [6.07, 6.45) is -0.148. The average Bonchev–Trinajstić information content (AvgIpc) is 3.08. The second kappa shape index (κ2) is 6.76. The van der Waals surface area contributed by atoms with Gasteiger partial charge in [0.05, 0.1) is 23.4 Å². The van der Waals surface area contributed by atoms with Crippen molar-refractivity contribution in [2.75, 3.05) is 0 Å². The van der Waals surface area contributed by atoms with Crippen molar-refractivity contribution in [3.63, 3.8) is 0 Å². The van der Waals surface area contributed by atoms with Crippen LogP contribution < -0.4 is 0 Å². The van der Waals surface area contributed by atoms with Crippen molar-refractivity contribution in [2.45, 2.75) is 51.1 Å². The number of carboxylic acids is 1. The van der Waals surface area contributed by atoms with E-state index in [0.717, 1.165) is 5.56 Å². The predicted molar refractivity (Wildman–Crippen MR) is 100 cm³/mol. The van der Waals surface area contributed by atoms with E-state index in [9.17, 15) is 9.90 Å². The van der Waals surface area contributed by atoms with E-state index in [1.165, 1.54) is 0 Å². The highest BCUT2D eigenvalue weighted by Gasteiger charge is 2.55. The molecule has 1 fully saturated rings. The Morgan fingerprint density at radius 3 is 2.19 bits per heavy atom. The molecule has 3 rings (SSSR count). The normalized spacial score (nSPS) is 19.5. The quantitative estimate of drug-likeness (QED) is 0.760. The lowest BCUT2D eigenvalue weighted by Gasteiger charge is -2.32. The fourth-order valence-corrected chi connectivity index (χ4v) is 3.02. The van der Waals surface area contributed by atoms with Crippen LogP contribution >= 0.6 is 11.6 Å². The van der Waals surface area contributed by atoms with E-state index in [1.807, 2.05) is 45.9 Å². The van der Waals surface area contributed by atoms with Gasteiger partial charge in [-0.3, -0.25) is 4.79 Å². The van der Waals surface area contributed by atoms with Crippen LogP contribution in [0.2, 0.25) is 5.02 Å². The van der Waals surface area contributed by atoms with Crippen LogP contribution in [0.1, 0.15) is 45.7 Å². The Labute approximate surface area is 158 Å². The predicted octanol–water partition coefficient (Wildman–Crippen LogP) is 4.79. The maximum absolute atomic E-state index is 11.4. The van der Waals surface area contributed by atoms with Crippen LogP contribution in [0.25, 0.3) is 11.3 Å². The average molecular weight is 377 g/mol. The smallest absolute Gasteiger partial charge is 0.469 e. The van der Waals surface area contributed by atoms with E-state index < -0.39 is 30.1 Å². The molecule has 1 aromatic heterocycles. The van der Waals surface area contributed by atoms with Gasteiger partial charge in [0.2, 0.25) is 0 Å². The number of carboxylic acid groups (broad SMARTS) is 1. The molecule has 1 aliphatic rings. The molecule has 138 valence electrons. The molecule has 0 spiro atoms. The lowest BCUT2D eigenvalue weighted by atomic mass is 9.68. The third kappa shape index (κ3) is 3.68. The molecule has 7 heteroatoms. The van der Waals surface area contributed by atoms with E-state index in [0.29, 0.717) is 16.5 Å². The van der Waals surface area contributed by atoms with Crippen molar-refractivity contribution in [1.29, 1.82) is 0 Å². The van der Waals surface area contributed by atoms with Crippen LogP contribution in [0.5, 0.6) is 0 Å². The number of rotatable bonds is 5. The largest absolute Gasteiger partial charge is 0.481 e. The fourth-order valence-electron chi connectivity index (χ4n) is 2.89. The molecule has 1 N–H and O–H groups in total. The Kier molecular flexibility index (Phi) is 4.95. The van der Waals surface area contributed by atoms with Gasteiger partial charge in [0.25, 0.3) is 0 Å². The molecular formula is C19H22BClO5.